The Morgan fingerprint density at radius 3 is 2.30 bits per heavy atom. The highest BCUT2D eigenvalue weighted by Crippen LogP contribution is 2.19. The highest BCUT2D eigenvalue weighted by atomic mass is 16.1. The zero-order valence-electron chi connectivity index (χ0n) is 15.1. The summed E-state index contributed by atoms with van der Waals surface area (Å²) in [4.78, 5) is 16.0. The van der Waals surface area contributed by atoms with Gasteiger partial charge in [-0.25, -0.2) is 0 Å². The minimum Gasteiger partial charge on any atom is -0.378 e. The molecule has 0 bridgehead atoms. The largest absolute Gasteiger partial charge is 0.378 e. The molecule has 0 aliphatic carbocycles. The number of aromatic nitrogens is 3. The van der Waals surface area contributed by atoms with Gasteiger partial charge >= 0.3 is 0 Å². The molecule has 0 unspecified atom stereocenters. The van der Waals surface area contributed by atoms with Gasteiger partial charge in [0.05, 0.1) is 5.69 Å². The van der Waals surface area contributed by atoms with Gasteiger partial charge in [-0.3, -0.25) is 4.79 Å². The first-order valence-electron chi connectivity index (χ1n) is 8.61. The molecule has 1 amide bonds. The van der Waals surface area contributed by atoms with Gasteiger partial charge < -0.3 is 10.2 Å². The minimum absolute atomic E-state index is 0.151. The molecule has 134 valence electrons. The molecule has 0 saturated carbocycles. The molecule has 27 heavy (non-hydrogen) atoms. The molecule has 3 aromatic carbocycles. The van der Waals surface area contributed by atoms with E-state index in [0.717, 1.165) is 22.4 Å². The summed E-state index contributed by atoms with van der Waals surface area (Å²) in [6, 6.07) is 22.6. The third kappa shape index (κ3) is 3.50. The number of rotatable bonds is 4. The Bertz CT molecular complexity index is 1080. The van der Waals surface area contributed by atoms with Crippen LogP contribution in [0.2, 0.25) is 0 Å². The maximum Gasteiger partial charge on any atom is 0.255 e. The first-order valence-corrected chi connectivity index (χ1v) is 8.61. The van der Waals surface area contributed by atoms with Gasteiger partial charge in [-0.1, -0.05) is 18.2 Å². The van der Waals surface area contributed by atoms with Gasteiger partial charge in [0.1, 0.15) is 11.0 Å². The van der Waals surface area contributed by atoms with Crippen LogP contribution in [0.1, 0.15) is 10.4 Å². The van der Waals surface area contributed by atoms with Crippen molar-refractivity contribution >= 4 is 28.3 Å². The lowest BCUT2D eigenvalue weighted by Gasteiger charge is -2.12. The molecule has 0 aliphatic rings. The summed E-state index contributed by atoms with van der Waals surface area (Å²) in [6.07, 6.45) is 0. The van der Waals surface area contributed by atoms with Crippen molar-refractivity contribution in [3.8, 4) is 5.69 Å². The number of carbonyl (C=O) groups excluding carboxylic acids is 1. The molecule has 0 fully saturated rings. The van der Waals surface area contributed by atoms with Crippen molar-refractivity contribution in [2.75, 3.05) is 24.3 Å². The fraction of sp³-hybridized carbons (Fsp3) is 0.0952. The second kappa shape index (κ2) is 6.92. The van der Waals surface area contributed by atoms with E-state index >= 15 is 0 Å². The van der Waals surface area contributed by atoms with Crippen molar-refractivity contribution < 1.29 is 4.79 Å². The van der Waals surface area contributed by atoms with E-state index in [1.165, 1.54) is 0 Å². The number of hydrogen-bond acceptors (Lipinski definition) is 4. The molecule has 0 radical (unpaired) electrons. The van der Waals surface area contributed by atoms with Gasteiger partial charge in [-0.2, -0.15) is 4.80 Å². The van der Waals surface area contributed by atoms with Crippen LogP contribution in [0.15, 0.2) is 72.8 Å². The molecule has 0 spiro atoms. The molecular weight excluding hydrogens is 338 g/mol. The minimum atomic E-state index is -0.151. The summed E-state index contributed by atoms with van der Waals surface area (Å²) >= 11 is 0. The lowest BCUT2D eigenvalue weighted by atomic mass is 10.2. The third-order valence-electron chi connectivity index (χ3n) is 4.27. The lowest BCUT2D eigenvalue weighted by molar-refractivity contribution is 0.102. The Morgan fingerprint density at radius 1 is 0.889 bits per heavy atom. The molecule has 4 rings (SSSR count). The first kappa shape index (κ1) is 16.8. The molecular formula is C21H19N5O. The molecule has 4 aromatic rings. The van der Waals surface area contributed by atoms with Crippen LogP contribution in [0.4, 0.5) is 11.4 Å². The standard InChI is InChI=1S/C21H19N5O/c1-25(2)17-9-11-18(12-10-17)26-23-19-13-8-16(14-20(19)24-26)22-21(27)15-6-4-3-5-7-15/h3-14H,1-2H3,(H,22,27). The van der Waals surface area contributed by atoms with Crippen LogP contribution in [-0.2, 0) is 0 Å². The summed E-state index contributed by atoms with van der Waals surface area (Å²) in [5, 5.41) is 12.0. The van der Waals surface area contributed by atoms with Crippen LogP contribution in [0.3, 0.4) is 0 Å². The monoisotopic (exact) mass is 357 g/mol. The van der Waals surface area contributed by atoms with Crippen molar-refractivity contribution in [3.05, 3.63) is 78.4 Å². The number of benzene rings is 3. The Balaban J connectivity index is 1.59. The van der Waals surface area contributed by atoms with Crippen molar-refractivity contribution in [2.45, 2.75) is 0 Å². The fourth-order valence-electron chi connectivity index (χ4n) is 2.78. The molecule has 1 heterocycles. The van der Waals surface area contributed by atoms with Crippen molar-refractivity contribution in [1.82, 2.24) is 15.0 Å². The number of anilines is 2. The summed E-state index contributed by atoms with van der Waals surface area (Å²) in [6.45, 7) is 0. The number of carbonyl (C=O) groups is 1. The number of amides is 1. The van der Waals surface area contributed by atoms with Gasteiger partial charge in [0.15, 0.2) is 0 Å². The van der Waals surface area contributed by atoms with Crippen LogP contribution in [-0.4, -0.2) is 35.0 Å². The molecule has 0 saturated heterocycles. The second-order valence-corrected chi connectivity index (χ2v) is 6.42. The highest BCUT2D eigenvalue weighted by Gasteiger charge is 2.09. The molecule has 0 atom stereocenters. The fourth-order valence-corrected chi connectivity index (χ4v) is 2.78. The third-order valence-corrected chi connectivity index (χ3v) is 4.27. The van der Waals surface area contributed by atoms with E-state index < -0.39 is 0 Å². The topological polar surface area (TPSA) is 63.1 Å². The number of hydrogen-bond donors (Lipinski definition) is 1. The Kier molecular flexibility index (Phi) is 4.30. The quantitative estimate of drug-likeness (QED) is 0.604. The van der Waals surface area contributed by atoms with Crippen LogP contribution >= 0.6 is 0 Å². The van der Waals surface area contributed by atoms with E-state index in [0.29, 0.717) is 11.3 Å². The van der Waals surface area contributed by atoms with Crippen LogP contribution in [0.25, 0.3) is 16.7 Å². The van der Waals surface area contributed by atoms with Crippen LogP contribution < -0.4 is 10.2 Å². The second-order valence-electron chi connectivity index (χ2n) is 6.42. The maximum atomic E-state index is 12.3. The van der Waals surface area contributed by atoms with E-state index in [9.17, 15) is 4.79 Å². The van der Waals surface area contributed by atoms with Gasteiger partial charge in [0.2, 0.25) is 0 Å². The van der Waals surface area contributed by atoms with E-state index in [-0.39, 0.29) is 5.91 Å². The number of fused-ring (bicyclic) bond motifs is 1. The smallest absolute Gasteiger partial charge is 0.255 e. The van der Waals surface area contributed by atoms with Gasteiger partial charge in [-0.05, 0) is 54.6 Å². The predicted molar refractivity (Wildman–Crippen MR) is 108 cm³/mol. The molecule has 1 N–H and O–H groups in total. The Morgan fingerprint density at radius 2 is 1.59 bits per heavy atom. The van der Waals surface area contributed by atoms with E-state index in [1.54, 1.807) is 16.9 Å². The van der Waals surface area contributed by atoms with E-state index in [4.69, 9.17) is 0 Å². The van der Waals surface area contributed by atoms with E-state index in [2.05, 4.69) is 15.5 Å². The normalized spacial score (nSPS) is 10.7. The predicted octanol–water partition coefficient (Wildman–Crippen LogP) is 3.74. The van der Waals surface area contributed by atoms with Crippen LogP contribution in [0, 0.1) is 0 Å². The zero-order valence-corrected chi connectivity index (χ0v) is 15.1. The summed E-state index contributed by atoms with van der Waals surface area (Å²) < 4.78 is 0. The Hall–Kier alpha value is -3.67. The number of nitrogens with one attached hydrogen (secondary N) is 1. The van der Waals surface area contributed by atoms with Crippen molar-refractivity contribution in [2.24, 2.45) is 0 Å². The van der Waals surface area contributed by atoms with Gasteiger partial charge in [0, 0.05) is 31.0 Å². The summed E-state index contributed by atoms with van der Waals surface area (Å²) in [5.74, 6) is -0.151. The van der Waals surface area contributed by atoms with Crippen molar-refractivity contribution in [1.29, 1.82) is 0 Å². The lowest BCUT2D eigenvalue weighted by Crippen LogP contribution is -2.11. The average molecular weight is 357 g/mol. The average Bonchev–Trinajstić information content (AvgIpc) is 3.12. The summed E-state index contributed by atoms with van der Waals surface area (Å²) in [5.41, 5.74) is 4.78. The van der Waals surface area contributed by atoms with Crippen molar-refractivity contribution in [3.63, 3.8) is 0 Å². The van der Waals surface area contributed by atoms with Crippen LogP contribution in [0.5, 0.6) is 0 Å². The molecule has 6 heteroatoms. The molecule has 6 nitrogen and oxygen atoms in total. The maximum absolute atomic E-state index is 12.3. The first-order chi connectivity index (χ1) is 13.1. The molecule has 0 aliphatic heterocycles. The number of nitrogens with zero attached hydrogens (tertiary/aromatic N) is 4. The summed E-state index contributed by atoms with van der Waals surface area (Å²) in [7, 11) is 4.00. The Labute approximate surface area is 157 Å². The zero-order chi connectivity index (χ0) is 18.8. The van der Waals surface area contributed by atoms with E-state index in [1.807, 2.05) is 79.7 Å². The highest BCUT2D eigenvalue weighted by molar-refractivity contribution is 6.04. The SMILES string of the molecule is CN(C)c1ccc(-n2nc3ccc(NC(=O)c4ccccc4)cc3n2)cc1. The van der Waals surface area contributed by atoms with Gasteiger partial charge in [0.25, 0.3) is 5.91 Å². The molecule has 1 aromatic heterocycles. The van der Waals surface area contributed by atoms with Gasteiger partial charge in [-0.15, -0.1) is 10.2 Å².